The van der Waals surface area contributed by atoms with Crippen LogP contribution >= 0.6 is 0 Å². The quantitative estimate of drug-likeness (QED) is 0.434. The molecule has 0 bridgehead atoms. The summed E-state index contributed by atoms with van der Waals surface area (Å²) >= 11 is 0. The maximum absolute atomic E-state index is 10.8. The lowest BCUT2D eigenvalue weighted by molar-refractivity contribution is 0.101. The zero-order valence-corrected chi connectivity index (χ0v) is 6.29. The lowest BCUT2D eigenvalue weighted by Gasteiger charge is -1.94. The Kier molecular flexibility index (Phi) is 2.08. The summed E-state index contributed by atoms with van der Waals surface area (Å²) < 4.78 is 0. The van der Waals surface area contributed by atoms with E-state index in [0.717, 1.165) is 5.56 Å². The summed E-state index contributed by atoms with van der Waals surface area (Å²) in [5, 5.41) is 0. The number of hydrogen-bond donors (Lipinski definition) is 0. The largest absolute Gasteiger partial charge is 0.295 e. The summed E-state index contributed by atoms with van der Waals surface area (Å²) in [6, 6.07) is 7.05. The van der Waals surface area contributed by atoms with Crippen molar-refractivity contribution in [2.75, 3.05) is 0 Å². The van der Waals surface area contributed by atoms with E-state index in [1.54, 1.807) is 24.3 Å². The molecular formula is C10H8O. The molecule has 0 unspecified atom stereocenters. The van der Waals surface area contributed by atoms with Gasteiger partial charge in [0.25, 0.3) is 0 Å². The van der Waals surface area contributed by atoms with E-state index >= 15 is 0 Å². The third-order valence-electron chi connectivity index (χ3n) is 1.44. The van der Waals surface area contributed by atoms with Crippen molar-refractivity contribution in [2.45, 2.75) is 6.92 Å². The van der Waals surface area contributed by atoms with Gasteiger partial charge in [-0.25, -0.2) is 0 Å². The fourth-order valence-electron chi connectivity index (χ4n) is 0.828. The number of benzene rings is 1. The van der Waals surface area contributed by atoms with Gasteiger partial charge in [0.05, 0.1) is 0 Å². The van der Waals surface area contributed by atoms with Crippen LogP contribution in [0.3, 0.4) is 0 Å². The molecule has 0 N–H and O–H groups in total. The molecule has 1 aromatic carbocycles. The molecule has 11 heavy (non-hydrogen) atoms. The number of carbonyl (C=O) groups excluding carboxylic acids is 1. The van der Waals surface area contributed by atoms with Gasteiger partial charge in [-0.2, -0.15) is 0 Å². The maximum Gasteiger partial charge on any atom is 0.159 e. The number of terminal acetylenes is 1. The van der Waals surface area contributed by atoms with Gasteiger partial charge in [-0.15, -0.1) is 6.42 Å². The number of hydrogen-bond acceptors (Lipinski definition) is 1. The van der Waals surface area contributed by atoms with Crippen LogP contribution in [0.5, 0.6) is 0 Å². The van der Waals surface area contributed by atoms with Crippen LogP contribution in [0.25, 0.3) is 0 Å². The Morgan fingerprint density at radius 1 is 1.55 bits per heavy atom. The summed E-state index contributed by atoms with van der Waals surface area (Å²) in [6.07, 6.45) is 5.16. The third kappa shape index (κ3) is 1.68. The highest BCUT2D eigenvalue weighted by Gasteiger charge is 1.97. The average Bonchev–Trinajstić information content (AvgIpc) is 2.05. The molecule has 0 heterocycles. The van der Waals surface area contributed by atoms with Crippen LogP contribution in [-0.4, -0.2) is 5.78 Å². The normalized spacial score (nSPS) is 8.73. The van der Waals surface area contributed by atoms with Gasteiger partial charge in [0.1, 0.15) is 0 Å². The van der Waals surface area contributed by atoms with Crippen LogP contribution in [0, 0.1) is 12.3 Å². The first-order chi connectivity index (χ1) is 5.24. The number of rotatable bonds is 1. The molecule has 0 aliphatic rings. The van der Waals surface area contributed by atoms with E-state index in [4.69, 9.17) is 6.42 Å². The highest BCUT2D eigenvalue weighted by Crippen LogP contribution is 2.03. The lowest BCUT2D eigenvalue weighted by atomic mass is 10.1. The molecule has 0 saturated carbocycles. The Morgan fingerprint density at radius 3 is 2.82 bits per heavy atom. The number of carbonyl (C=O) groups is 1. The second kappa shape index (κ2) is 3.03. The minimum Gasteiger partial charge on any atom is -0.295 e. The van der Waals surface area contributed by atoms with Gasteiger partial charge in [-0.3, -0.25) is 4.79 Å². The Bertz CT molecular complexity index is 318. The molecule has 0 radical (unpaired) electrons. The molecule has 0 spiro atoms. The topological polar surface area (TPSA) is 17.1 Å². The molecule has 54 valence electrons. The molecule has 1 rings (SSSR count). The van der Waals surface area contributed by atoms with E-state index < -0.39 is 0 Å². The molecule has 1 nitrogen and oxygen atoms in total. The van der Waals surface area contributed by atoms with Gasteiger partial charge in [0.2, 0.25) is 0 Å². The van der Waals surface area contributed by atoms with Gasteiger partial charge in [-0.1, -0.05) is 18.1 Å². The Balaban J connectivity index is 3.13. The molecular weight excluding hydrogens is 136 g/mol. The first-order valence-corrected chi connectivity index (χ1v) is 3.31. The monoisotopic (exact) mass is 144 g/mol. The van der Waals surface area contributed by atoms with Crippen molar-refractivity contribution in [2.24, 2.45) is 0 Å². The molecule has 0 amide bonds. The summed E-state index contributed by atoms with van der Waals surface area (Å²) in [5.74, 6) is 2.51. The predicted octanol–water partition coefficient (Wildman–Crippen LogP) is 1.87. The molecule has 0 aliphatic heterocycles. The maximum atomic E-state index is 10.8. The summed E-state index contributed by atoms with van der Waals surface area (Å²) in [7, 11) is 0. The van der Waals surface area contributed by atoms with Crippen molar-refractivity contribution in [3.05, 3.63) is 35.4 Å². The molecule has 1 aromatic rings. The molecule has 0 fully saturated rings. The molecule has 1 heteroatoms. The second-order valence-electron chi connectivity index (χ2n) is 2.28. The Labute approximate surface area is 66.1 Å². The van der Waals surface area contributed by atoms with Crippen molar-refractivity contribution in [3.8, 4) is 12.3 Å². The summed E-state index contributed by atoms with van der Waals surface area (Å²) in [5.41, 5.74) is 1.41. The first kappa shape index (κ1) is 7.56. The van der Waals surface area contributed by atoms with E-state index in [9.17, 15) is 4.79 Å². The van der Waals surface area contributed by atoms with E-state index in [1.165, 1.54) is 6.92 Å². The smallest absolute Gasteiger partial charge is 0.159 e. The fourth-order valence-corrected chi connectivity index (χ4v) is 0.828. The highest BCUT2D eigenvalue weighted by molar-refractivity contribution is 5.94. The highest BCUT2D eigenvalue weighted by atomic mass is 16.1. The first-order valence-electron chi connectivity index (χ1n) is 3.31. The van der Waals surface area contributed by atoms with Crippen LogP contribution in [0.15, 0.2) is 24.3 Å². The van der Waals surface area contributed by atoms with Crippen LogP contribution in [0.4, 0.5) is 0 Å². The minimum atomic E-state index is 0.0436. The summed E-state index contributed by atoms with van der Waals surface area (Å²) in [4.78, 5) is 10.8. The van der Waals surface area contributed by atoms with Crippen molar-refractivity contribution in [1.82, 2.24) is 0 Å². The average molecular weight is 144 g/mol. The SMILES string of the molecule is C#Cc1cccc(C(C)=O)c1. The fraction of sp³-hybridized carbons (Fsp3) is 0.100. The van der Waals surface area contributed by atoms with Crippen LogP contribution in [0.1, 0.15) is 22.8 Å². The van der Waals surface area contributed by atoms with Gasteiger partial charge < -0.3 is 0 Å². The van der Waals surface area contributed by atoms with Crippen LogP contribution < -0.4 is 0 Å². The lowest BCUT2D eigenvalue weighted by Crippen LogP contribution is -1.91. The van der Waals surface area contributed by atoms with Crippen molar-refractivity contribution in [1.29, 1.82) is 0 Å². The summed E-state index contributed by atoms with van der Waals surface area (Å²) in [6.45, 7) is 1.52. The van der Waals surface area contributed by atoms with Gasteiger partial charge in [0, 0.05) is 11.1 Å². The molecule has 0 atom stereocenters. The van der Waals surface area contributed by atoms with E-state index in [2.05, 4.69) is 5.92 Å². The van der Waals surface area contributed by atoms with Crippen molar-refractivity contribution in [3.63, 3.8) is 0 Å². The van der Waals surface area contributed by atoms with E-state index in [0.29, 0.717) is 5.56 Å². The molecule has 0 aromatic heterocycles. The number of ketones is 1. The Hall–Kier alpha value is -1.55. The molecule has 0 aliphatic carbocycles. The predicted molar refractivity (Wildman–Crippen MR) is 44.4 cm³/mol. The van der Waals surface area contributed by atoms with E-state index in [-0.39, 0.29) is 5.78 Å². The molecule has 0 saturated heterocycles. The second-order valence-corrected chi connectivity index (χ2v) is 2.28. The van der Waals surface area contributed by atoms with E-state index in [1.807, 2.05) is 0 Å². The minimum absolute atomic E-state index is 0.0436. The van der Waals surface area contributed by atoms with Crippen LogP contribution in [-0.2, 0) is 0 Å². The zero-order chi connectivity index (χ0) is 8.27. The zero-order valence-electron chi connectivity index (χ0n) is 6.29. The van der Waals surface area contributed by atoms with Crippen LogP contribution in [0.2, 0.25) is 0 Å². The van der Waals surface area contributed by atoms with Crippen molar-refractivity contribution >= 4 is 5.78 Å². The third-order valence-corrected chi connectivity index (χ3v) is 1.44. The number of Topliss-reactive ketones (excluding diaryl/α,β-unsaturated/α-hetero) is 1. The van der Waals surface area contributed by atoms with Gasteiger partial charge in [0.15, 0.2) is 5.78 Å². The van der Waals surface area contributed by atoms with Gasteiger partial charge >= 0.3 is 0 Å². The Morgan fingerprint density at radius 2 is 2.27 bits per heavy atom. The standard InChI is InChI=1S/C10H8O/c1-3-9-5-4-6-10(7-9)8(2)11/h1,4-7H,2H3. The van der Waals surface area contributed by atoms with Gasteiger partial charge in [-0.05, 0) is 19.1 Å². The van der Waals surface area contributed by atoms with Crippen molar-refractivity contribution < 1.29 is 4.79 Å².